The standard InChI is InChI=1S/C16H26O16/c17-1-3-5(19)6(20)12(31-15(28)10(24)8(22)13(25)26)16(30-3)32-11-4(2-18)29-14(27)9(23)7(11)21/h3-12,14,16-24,27H,1-2H2,(H,25,26)/t3-,4-,5+,6+,7-,8?,9-,10?,11-,12-,14-,16+/m1/s1. The van der Waals surface area contributed by atoms with E-state index < -0.39 is 98.8 Å². The molecule has 16 heteroatoms. The van der Waals surface area contributed by atoms with Gasteiger partial charge in [0.1, 0.15) is 42.7 Å². The van der Waals surface area contributed by atoms with Crippen LogP contribution in [-0.2, 0) is 28.5 Å². The Bertz CT molecular complexity index is 644. The molecule has 12 atom stereocenters. The molecule has 2 unspecified atom stereocenters. The minimum absolute atomic E-state index is 0.846. The fourth-order valence-corrected chi connectivity index (χ4v) is 3.15. The first kappa shape index (κ1) is 26.7. The van der Waals surface area contributed by atoms with Crippen LogP contribution in [0.3, 0.4) is 0 Å². The van der Waals surface area contributed by atoms with Crippen LogP contribution in [-0.4, -0.2) is 150 Å². The first-order chi connectivity index (χ1) is 14.9. The highest BCUT2D eigenvalue weighted by Crippen LogP contribution is 2.30. The molecule has 0 bridgehead atoms. The lowest BCUT2D eigenvalue weighted by atomic mass is 9.97. The van der Waals surface area contributed by atoms with Gasteiger partial charge in [0.05, 0.1) is 13.2 Å². The molecule has 2 aliphatic rings. The Morgan fingerprint density at radius 1 is 0.781 bits per heavy atom. The van der Waals surface area contributed by atoms with E-state index in [-0.39, 0.29) is 0 Å². The number of carbonyl (C=O) groups excluding carboxylic acids is 1. The number of ether oxygens (including phenoxy) is 4. The summed E-state index contributed by atoms with van der Waals surface area (Å²) in [6.45, 7) is -1.71. The van der Waals surface area contributed by atoms with Gasteiger partial charge in [0.15, 0.2) is 30.9 Å². The second kappa shape index (κ2) is 11.1. The molecule has 0 aromatic rings. The monoisotopic (exact) mass is 474 g/mol. The first-order valence-electron chi connectivity index (χ1n) is 9.32. The summed E-state index contributed by atoms with van der Waals surface area (Å²) in [6.07, 6.45) is -23.4. The van der Waals surface area contributed by atoms with Crippen molar-refractivity contribution in [2.24, 2.45) is 0 Å². The van der Waals surface area contributed by atoms with Crippen LogP contribution in [0.5, 0.6) is 0 Å². The quantitative estimate of drug-likeness (QED) is 0.146. The second-order valence-corrected chi connectivity index (χ2v) is 7.17. The van der Waals surface area contributed by atoms with Gasteiger partial charge in [-0.05, 0) is 0 Å². The number of aliphatic hydroxyl groups excluding tert-OH is 9. The number of rotatable bonds is 8. The Morgan fingerprint density at radius 2 is 1.34 bits per heavy atom. The van der Waals surface area contributed by atoms with Crippen LogP contribution in [0.1, 0.15) is 0 Å². The summed E-state index contributed by atoms with van der Waals surface area (Å²) >= 11 is 0. The third kappa shape index (κ3) is 5.50. The number of hydrogen-bond donors (Lipinski definition) is 10. The molecular weight excluding hydrogens is 448 g/mol. The third-order valence-electron chi connectivity index (χ3n) is 5.00. The van der Waals surface area contributed by atoms with E-state index >= 15 is 0 Å². The number of aliphatic hydroxyl groups is 9. The predicted molar refractivity (Wildman–Crippen MR) is 92.1 cm³/mol. The zero-order valence-corrected chi connectivity index (χ0v) is 16.3. The lowest BCUT2D eigenvalue weighted by Crippen LogP contribution is -2.65. The average Bonchev–Trinajstić information content (AvgIpc) is 2.76. The van der Waals surface area contributed by atoms with Gasteiger partial charge in [0, 0.05) is 0 Å². The van der Waals surface area contributed by atoms with Crippen molar-refractivity contribution in [1.29, 1.82) is 0 Å². The summed E-state index contributed by atoms with van der Waals surface area (Å²) in [5.74, 6) is -3.73. The van der Waals surface area contributed by atoms with Gasteiger partial charge >= 0.3 is 11.9 Å². The van der Waals surface area contributed by atoms with E-state index in [4.69, 9.17) is 24.1 Å². The van der Waals surface area contributed by atoms with Gasteiger partial charge in [-0.3, -0.25) is 0 Å². The molecule has 2 fully saturated rings. The van der Waals surface area contributed by atoms with E-state index in [1.54, 1.807) is 0 Å². The van der Waals surface area contributed by atoms with E-state index in [0.29, 0.717) is 0 Å². The number of carboxylic acid groups (broad SMARTS) is 1. The van der Waals surface area contributed by atoms with Crippen molar-refractivity contribution in [2.75, 3.05) is 13.2 Å². The molecule has 32 heavy (non-hydrogen) atoms. The van der Waals surface area contributed by atoms with Crippen molar-refractivity contribution in [1.82, 2.24) is 0 Å². The SMILES string of the molecule is O=C(O)C(O)C(O)C(=O)O[C@H]1[C@H](O[C@H]2[C@H](O)[C@@H](O)[C@H](O)O[C@@H]2CO)O[C@H](CO)[C@H](O)[C@@H]1O. The van der Waals surface area contributed by atoms with Gasteiger partial charge < -0.3 is 70.0 Å². The molecule has 0 spiro atoms. The van der Waals surface area contributed by atoms with Crippen molar-refractivity contribution >= 4 is 11.9 Å². The Balaban J connectivity index is 2.27. The van der Waals surface area contributed by atoms with Crippen LogP contribution in [0.25, 0.3) is 0 Å². The van der Waals surface area contributed by atoms with Crippen LogP contribution < -0.4 is 0 Å². The molecule has 0 aromatic heterocycles. The van der Waals surface area contributed by atoms with Gasteiger partial charge in [-0.2, -0.15) is 0 Å². The Morgan fingerprint density at radius 3 is 1.88 bits per heavy atom. The van der Waals surface area contributed by atoms with E-state index in [2.05, 4.69) is 0 Å². The number of carboxylic acids is 1. The van der Waals surface area contributed by atoms with Crippen LogP contribution in [0, 0.1) is 0 Å². The lowest BCUT2D eigenvalue weighted by molar-refractivity contribution is -0.356. The molecule has 2 aliphatic heterocycles. The normalized spacial score (nSPS) is 42.2. The Kier molecular flexibility index (Phi) is 9.23. The number of carbonyl (C=O) groups is 2. The molecule has 0 amide bonds. The minimum atomic E-state index is -2.61. The van der Waals surface area contributed by atoms with Gasteiger partial charge in [0.25, 0.3) is 0 Å². The summed E-state index contributed by atoms with van der Waals surface area (Å²) in [4.78, 5) is 22.8. The van der Waals surface area contributed by atoms with Crippen LogP contribution in [0.15, 0.2) is 0 Å². The topological polar surface area (TPSA) is 273 Å². The zero-order valence-electron chi connectivity index (χ0n) is 16.3. The van der Waals surface area contributed by atoms with E-state index in [0.717, 1.165) is 0 Å². The minimum Gasteiger partial charge on any atom is -0.479 e. The zero-order chi connectivity index (χ0) is 24.3. The average molecular weight is 474 g/mol. The third-order valence-corrected chi connectivity index (χ3v) is 5.00. The largest absolute Gasteiger partial charge is 0.479 e. The van der Waals surface area contributed by atoms with Gasteiger partial charge in [-0.25, -0.2) is 9.59 Å². The van der Waals surface area contributed by atoms with Crippen LogP contribution >= 0.6 is 0 Å². The molecular formula is C16H26O16. The predicted octanol–water partition coefficient (Wildman–Crippen LogP) is -7.04. The fraction of sp³-hybridized carbons (Fsp3) is 0.875. The maximum atomic E-state index is 12.0. The smallest absolute Gasteiger partial charge is 0.338 e. The molecule has 16 nitrogen and oxygen atoms in total. The maximum Gasteiger partial charge on any atom is 0.338 e. The fourth-order valence-electron chi connectivity index (χ4n) is 3.15. The number of hydrogen-bond acceptors (Lipinski definition) is 15. The van der Waals surface area contributed by atoms with Crippen molar-refractivity contribution in [2.45, 2.75) is 73.6 Å². The summed E-state index contributed by atoms with van der Waals surface area (Å²) in [7, 11) is 0. The molecule has 186 valence electrons. The Hall–Kier alpha value is -1.54. The van der Waals surface area contributed by atoms with Crippen molar-refractivity contribution in [3.63, 3.8) is 0 Å². The summed E-state index contributed by atoms with van der Waals surface area (Å²) < 4.78 is 20.2. The van der Waals surface area contributed by atoms with Gasteiger partial charge in [-0.15, -0.1) is 0 Å². The molecule has 0 radical (unpaired) electrons. The molecule has 0 aliphatic carbocycles. The van der Waals surface area contributed by atoms with Crippen molar-refractivity contribution < 1.29 is 79.6 Å². The molecule has 0 saturated carbocycles. The number of aliphatic carboxylic acids is 1. The van der Waals surface area contributed by atoms with E-state index in [9.17, 15) is 55.5 Å². The van der Waals surface area contributed by atoms with Gasteiger partial charge in [0.2, 0.25) is 0 Å². The molecule has 10 N–H and O–H groups in total. The maximum absolute atomic E-state index is 12.0. The molecule has 2 heterocycles. The van der Waals surface area contributed by atoms with Gasteiger partial charge in [-0.1, -0.05) is 0 Å². The van der Waals surface area contributed by atoms with Crippen molar-refractivity contribution in [3.8, 4) is 0 Å². The van der Waals surface area contributed by atoms with Crippen LogP contribution in [0.4, 0.5) is 0 Å². The lowest BCUT2D eigenvalue weighted by Gasteiger charge is -2.46. The second-order valence-electron chi connectivity index (χ2n) is 7.17. The highest BCUT2D eigenvalue weighted by atomic mass is 16.7. The highest BCUT2D eigenvalue weighted by Gasteiger charge is 2.52. The first-order valence-corrected chi connectivity index (χ1v) is 9.32. The molecule has 0 aromatic carbocycles. The summed E-state index contributed by atoms with van der Waals surface area (Å²) in [5.41, 5.74) is 0. The van der Waals surface area contributed by atoms with E-state index in [1.165, 1.54) is 0 Å². The van der Waals surface area contributed by atoms with Crippen molar-refractivity contribution in [3.05, 3.63) is 0 Å². The van der Waals surface area contributed by atoms with Crippen LogP contribution in [0.2, 0.25) is 0 Å². The summed E-state index contributed by atoms with van der Waals surface area (Å²) in [6, 6.07) is 0. The summed E-state index contributed by atoms with van der Waals surface area (Å²) in [5, 5.41) is 96.2. The molecule has 2 rings (SSSR count). The van der Waals surface area contributed by atoms with E-state index in [1.807, 2.05) is 0 Å². The number of esters is 1. The molecule has 2 saturated heterocycles. The highest BCUT2D eigenvalue weighted by molar-refractivity contribution is 5.84. The Labute approximate surface area is 179 Å².